The molecule has 3 aromatic carbocycles. The minimum Gasteiger partial charge on any atom is -0.480 e. The normalized spacial score (nSPS) is 19.7. The molecular weight excluding hydrogens is 482 g/mol. The smallest absolute Gasteiger partial charge is 0.411 e. The first kappa shape index (κ1) is 24.9. The van der Waals surface area contributed by atoms with Gasteiger partial charge in [0, 0.05) is 12.1 Å². The number of aliphatic carboxylic acids is 1. The summed E-state index contributed by atoms with van der Waals surface area (Å²) < 4.78 is 5.40. The zero-order chi connectivity index (χ0) is 26.5. The Balaban J connectivity index is 1.36. The van der Waals surface area contributed by atoms with Gasteiger partial charge in [-0.2, -0.15) is 0 Å². The van der Waals surface area contributed by atoms with Crippen LogP contribution >= 0.6 is 0 Å². The van der Waals surface area contributed by atoms with E-state index in [1.165, 1.54) is 14.7 Å². The molecular formula is C30H27N3O5. The Labute approximate surface area is 221 Å². The first-order valence-corrected chi connectivity index (χ1v) is 12.5. The second kappa shape index (κ2) is 11.1. The standard InChI is InChI=1S/C30H27N3O5/c34-28(35)27-26-19-18-25(33(26)30(37)38-20-10-13-22-11-4-1-5-12-22)21-31(27)29(36)32(23-14-6-2-7-15-23)24-16-8-3-9-17-24/h1-9,11-12,14-17,25-27H,18-21H2,(H,34,35)/t25-,26+,27-/m0/s1. The van der Waals surface area contributed by atoms with Crippen LogP contribution in [-0.2, 0) is 9.53 Å². The molecule has 0 radical (unpaired) electrons. The van der Waals surface area contributed by atoms with Crippen LogP contribution in [0.1, 0.15) is 18.4 Å². The summed E-state index contributed by atoms with van der Waals surface area (Å²) in [4.78, 5) is 43.9. The second-order valence-electron chi connectivity index (χ2n) is 9.15. The Morgan fingerprint density at radius 3 is 2.03 bits per heavy atom. The largest absolute Gasteiger partial charge is 0.480 e. The molecule has 3 amide bonds. The average molecular weight is 510 g/mol. The topological polar surface area (TPSA) is 90.4 Å². The highest BCUT2D eigenvalue weighted by atomic mass is 16.6. The van der Waals surface area contributed by atoms with Crippen LogP contribution in [0.5, 0.6) is 0 Å². The Morgan fingerprint density at radius 1 is 0.868 bits per heavy atom. The van der Waals surface area contributed by atoms with Crippen molar-refractivity contribution in [3.8, 4) is 11.8 Å². The molecule has 192 valence electrons. The molecule has 0 aliphatic carbocycles. The van der Waals surface area contributed by atoms with Crippen molar-refractivity contribution < 1.29 is 24.2 Å². The van der Waals surface area contributed by atoms with Crippen molar-refractivity contribution in [3.63, 3.8) is 0 Å². The number of carbonyl (C=O) groups excluding carboxylic acids is 2. The summed E-state index contributed by atoms with van der Waals surface area (Å²) in [7, 11) is 0. The zero-order valence-electron chi connectivity index (χ0n) is 20.6. The van der Waals surface area contributed by atoms with E-state index in [4.69, 9.17) is 4.74 Å². The summed E-state index contributed by atoms with van der Waals surface area (Å²) in [5.74, 6) is 4.60. The molecule has 2 aliphatic heterocycles. The Kier molecular flexibility index (Phi) is 7.27. The van der Waals surface area contributed by atoms with Crippen LogP contribution in [-0.4, -0.2) is 64.3 Å². The van der Waals surface area contributed by atoms with E-state index in [1.807, 2.05) is 66.7 Å². The van der Waals surface area contributed by atoms with Gasteiger partial charge in [-0.15, -0.1) is 0 Å². The molecule has 8 heteroatoms. The number of carboxylic acid groups (broad SMARTS) is 1. The highest BCUT2D eigenvalue weighted by Gasteiger charge is 2.54. The third-order valence-electron chi connectivity index (χ3n) is 6.86. The third-order valence-corrected chi connectivity index (χ3v) is 6.86. The maximum absolute atomic E-state index is 14.0. The third kappa shape index (κ3) is 5.04. The van der Waals surface area contributed by atoms with Crippen LogP contribution in [0.2, 0.25) is 0 Å². The molecule has 2 saturated heterocycles. The van der Waals surface area contributed by atoms with E-state index in [-0.39, 0.29) is 19.2 Å². The van der Waals surface area contributed by atoms with Crippen LogP contribution in [0, 0.1) is 11.8 Å². The fourth-order valence-electron chi connectivity index (χ4n) is 5.21. The molecule has 2 aliphatic rings. The predicted octanol–water partition coefficient (Wildman–Crippen LogP) is 4.73. The number of anilines is 2. The first-order chi connectivity index (χ1) is 18.5. The van der Waals surface area contributed by atoms with Crippen molar-refractivity contribution in [2.45, 2.75) is 31.0 Å². The zero-order valence-corrected chi connectivity index (χ0v) is 20.6. The lowest BCUT2D eigenvalue weighted by molar-refractivity contribution is -0.146. The van der Waals surface area contributed by atoms with Gasteiger partial charge in [0.15, 0.2) is 12.6 Å². The van der Waals surface area contributed by atoms with Gasteiger partial charge in [0.1, 0.15) is 0 Å². The van der Waals surface area contributed by atoms with Gasteiger partial charge >= 0.3 is 18.1 Å². The molecule has 3 aromatic rings. The van der Waals surface area contributed by atoms with Crippen molar-refractivity contribution in [1.29, 1.82) is 0 Å². The molecule has 8 nitrogen and oxygen atoms in total. The van der Waals surface area contributed by atoms with Gasteiger partial charge < -0.3 is 14.7 Å². The summed E-state index contributed by atoms with van der Waals surface area (Å²) in [6.45, 7) is -0.0207. The molecule has 38 heavy (non-hydrogen) atoms. The number of ether oxygens (including phenoxy) is 1. The van der Waals surface area contributed by atoms with Crippen LogP contribution < -0.4 is 4.90 Å². The molecule has 3 atom stereocenters. The number of hydrogen-bond donors (Lipinski definition) is 1. The monoisotopic (exact) mass is 509 g/mol. The molecule has 2 heterocycles. The molecule has 0 spiro atoms. The fourth-order valence-corrected chi connectivity index (χ4v) is 5.21. The molecule has 5 rings (SSSR count). The number of carbonyl (C=O) groups is 3. The van der Waals surface area contributed by atoms with E-state index < -0.39 is 30.2 Å². The molecule has 1 N–H and O–H groups in total. The lowest BCUT2D eigenvalue weighted by atomic mass is 10.0. The number of carboxylic acids is 1. The molecule has 0 unspecified atom stereocenters. The number of para-hydroxylation sites is 2. The van der Waals surface area contributed by atoms with E-state index >= 15 is 0 Å². The Hall–Kier alpha value is -4.77. The van der Waals surface area contributed by atoms with Crippen molar-refractivity contribution in [2.24, 2.45) is 0 Å². The Bertz CT molecular complexity index is 1310. The quantitative estimate of drug-likeness (QED) is 0.514. The summed E-state index contributed by atoms with van der Waals surface area (Å²) >= 11 is 0. The van der Waals surface area contributed by atoms with Gasteiger partial charge in [0.05, 0.1) is 23.5 Å². The summed E-state index contributed by atoms with van der Waals surface area (Å²) in [6, 6.07) is 24.9. The van der Waals surface area contributed by atoms with E-state index in [2.05, 4.69) is 11.8 Å². The highest BCUT2D eigenvalue weighted by Crippen LogP contribution is 2.37. The number of amides is 3. The summed E-state index contributed by atoms with van der Waals surface area (Å²) in [6.07, 6.45) is 0.438. The average Bonchev–Trinajstić information content (AvgIpc) is 3.25. The van der Waals surface area contributed by atoms with Crippen LogP contribution in [0.25, 0.3) is 0 Å². The van der Waals surface area contributed by atoms with Crippen molar-refractivity contribution in [1.82, 2.24) is 9.80 Å². The van der Waals surface area contributed by atoms with Gasteiger partial charge in [-0.3, -0.25) is 9.80 Å². The van der Waals surface area contributed by atoms with Crippen molar-refractivity contribution in [3.05, 3.63) is 96.6 Å². The van der Waals surface area contributed by atoms with Gasteiger partial charge in [-0.25, -0.2) is 14.4 Å². The number of likely N-dealkylation sites (tertiary alicyclic amines) is 1. The van der Waals surface area contributed by atoms with Crippen LogP contribution in [0.15, 0.2) is 91.0 Å². The summed E-state index contributed by atoms with van der Waals surface area (Å²) in [5, 5.41) is 10.2. The Morgan fingerprint density at radius 2 is 1.45 bits per heavy atom. The fraction of sp³-hybridized carbons (Fsp3) is 0.233. The minimum absolute atomic E-state index is 0.0905. The van der Waals surface area contributed by atoms with E-state index in [9.17, 15) is 19.5 Å². The number of urea groups is 1. The minimum atomic E-state index is -1.21. The molecule has 0 saturated carbocycles. The number of rotatable bonds is 4. The van der Waals surface area contributed by atoms with E-state index in [0.29, 0.717) is 24.2 Å². The lowest BCUT2D eigenvalue weighted by Crippen LogP contribution is -2.66. The molecule has 2 bridgehead atoms. The van der Waals surface area contributed by atoms with E-state index in [1.54, 1.807) is 24.3 Å². The van der Waals surface area contributed by atoms with Crippen molar-refractivity contribution >= 4 is 29.5 Å². The second-order valence-corrected chi connectivity index (χ2v) is 9.15. The number of hydrogen-bond acceptors (Lipinski definition) is 4. The molecule has 0 aromatic heterocycles. The predicted molar refractivity (Wildman–Crippen MR) is 142 cm³/mol. The lowest BCUT2D eigenvalue weighted by Gasteiger charge is -2.45. The molecule has 2 fully saturated rings. The van der Waals surface area contributed by atoms with Gasteiger partial charge in [-0.05, 0) is 49.2 Å². The van der Waals surface area contributed by atoms with Crippen molar-refractivity contribution in [2.75, 3.05) is 18.1 Å². The van der Waals surface area contributed by atoms with Gasteiger partial charge in [0.25, 0.3) is 0 Å². The van der Waals surface area contributed by atoms with E-state index in [0.717, 1.165) is 5.56 Å². The van der Waals surface area contributed by atoms with Gasteiger partial charge in [0.2, 0.25) is 0 Å². The number of piperazine rings is 1. The first-order valence-electron chi connectivity index (χ1n) is 12.5. The van der Waals surface area contributed by atoms with Crippen LogP contribution in [0.3, 0.4) is 0 Å². The highest BCUT2D eigenvalue weighted by molar-refractivity contribution is 6.01. The summed E-state index contributed by atoms with van der Waals surface area (Å²) in [5.41, 5.74) is 2.06. The van der Waals surface area contributed by atoms with Gasteiger partial charge in [-0.1, -0.05) is 66.4 Å². The van der Waals surface area contributed by atoms with Crippen LogP contribution in [0.4, 0.5) is 21.0 Å². The SMILES string of the molecule is O=C(O)[C@@H]1[C@H]2CC[C@@H](CN1C(=O)N(c1ccccc1)c1ccccc1)N2C(=O)OCC#Cc1ccccc1. The number of nitrogens with zero attached hydrogens (tertiary/aromatic N) is 3. The number of fused-ring (bicyclic) bond motifs is 2. The maximum Gasteiger partial charge on any atom is 0.411 e. The number of benzene rings is 3. The maximum atomic E-state index is 14.0.